The summed E-state index contributed by atoms with van der Waals surface area (Å²) in [6.45, 7) is 3.04. The minimum absolute atomic E-state index is 0.0654. The first-order valence-corrected chi connectivity index (χ1v) is 6.88. The Morgan fingerprint density at radius 3 is 3.20 bits per heavy atom. The van der Waals surface area contributed by atoms with Gasteiger partial charge < -0.3 is 13.8 Å². The van der Waals surface area contributed by atoms with E-state index in [0.29, 0.717) is 17.5 Å². The van der Waals surface area contributed by atoms with Gasteiger partial charge >= 0.3 is 5.95 Å². The molecule has 3 aromatic rings. The predicted octanol–water partition coefficient (Wildman–Crippen LogP) is 2.49. The number of hydrogen-bond acceptors (Lipinski definition) is 4. The van der Waals surface area contributed by atoms with Crippen molar-refractivity contribution in [2.75, 3.05) is 6.61 Å². The van der Waals surface area contributed by atoms with E-state index in [2.05, 4.69) is 11.2 Å². The summed E-state index contributed by atoms with van der Waals surface area (Å²) in [6, 6.07) is 6.07. The van der Waals surface area contributed by atoms with Gasteiger partial charge in [-0.2, -0.15) is 0 Å². The van der Waals surface area contributed by atoms with Crippen molar-refractivity contribution in [1.82, 2.24) is 9.72 Å². The maximum atomic E-state index is 12.7. The molecule has 5 heteroatoms. The van der Waals surface area contributed by atoms with E-state index < -0.39 is 0 Å². The molecule has 1 aliphatic heterocycles. The lowest BCUT2D eigenvalue weighted by Crippen LogP contribution is -2.24. The third-order valence-corrected chi connectivity index (χ3v) is 3.87. The van der Waals surface area contributed by atoms with Crippen LogP contribution in [0.4, 0.5) is 0 Å². The molecule has 0 atom stereocenters. The molecule has 5 nitrogen and oxygen atoms in total. The Balaban J connectivity index is 2.23. The lowest BCUT2D eigenvalue weighted by atomic mass is 10.00. The van der Waals surface area contributed by atoms with Gasteiger partial charge in [-0.15, -0.1) is 0 Å². The van der Waals surface area contributed by atoms with Crippen molar-refractivity contribution in [3.63, 3.8) is 0 Å². The first kappa shape index (κ1) is 11.5. The molecule has 0 bridgehead atoms. The van der Waals surface area contributed by atoms with Gasteiger partial charge in [0.25, 0.3) is 5.56 Å². The molecule has 3 heterocycles. The number of ether oxygens (including phenoxy) is 1. The Hall–Kier alpha value is -2.30. The van der Waals surface area contributed by atoms with Crippen molar-refractivity contribution in [3.8, 4) is 5.95 Å². The number of hydrogen-bond donors (Lipinski definition) is 0. The first-order chi connectivity index (χ1) is 9.81. The van der Waals surface area contributed by atoms with Gasteiger partial charge in [-0.1, -0.05) is 23.4 Å². The molecule has 0 saturated carbocycles. The monoisotopic (exact) mass is 270 g/mol. The summed E-state index contributed by atoms with van der Waals surface area (Å²) in [6.07, 6.45) is 1.98. The minimum atomic E-state index is -0.0654. The van der Waals surface area contributed by atoms with Crippen LogP contribution in [-0.2, 0) is 13.0 Å². The normalized spacial score (nSPS) is 14.1. The number of para-hydroxylation sites is 1. The first-order valence-electron chi connectivity index (χ1n) is 6.88. The molecule has 0 saturated heterocycles. The highest BCUT2D eigenvalue weighted by molar-refractivity contribution is 6.05. The number of benzene rings is 1. The standard InChI is InChI=1S/C15H14N2O3/c1-2-19-15-11-12(16-20-15)10-7-3-5-9-6-4-8-17(13(9)10)14(11)18/h3,5,7H,2,4,6,8H2,1H3. The summed E-state index contributed by atoms with van der Waals surface area (Å²) in [4.78, 5) is 12.7. The van der Waals surface area contributed by atoms with Crippen LogP contribution in [0, 0.1) is 0 Å². The average molecular weight is 270 g/mol. The molecule has 0 radical (unpaired) electrons. The minimum Gasteiger partial charge on any atom is -0.463 e. The van der Waals surface area contributed by atoms with E-state index in [-0.39, 0.29) is 11.5 Å². The summed E-state index contributed by atoms with van der Waals surface area (Å²) in [5, 5.41) is 5.47. The van der Waals surface area contributed by atoms with Gasteiger partial charge in [-0.3, -0.25) is 4.79 Å². The molecule has 0 N–H and O–H groups in total. The summed E-state index contributed by atoms with van der Waals surface area (Å²) in [5.74, 6) is 0.231. The summed E-state index contributed by atoms with van der Waals surface area (Å²) in [5.41, 5.74) is 2.74. The molecule has 1 aliphatic rings. The molecule has 1 aromatic carbocycles. The molecule has 0 fully saturated rings. The maximum absolute atomic E-state index is 12.7. The third-order valence-electron chi connectivity index (χ3n) is 3.87. The lowest BCUT2D eigenvalue weighted by molar-refractivity contribution is 0.229. The van der Waals surface area contributed by atoms with Gasteiger partial charge in [0.15, 0.2) is 5.39 Å². The quantitative estimate of drug-likeness (QED) is 0.718. The fraction of sp³-hybridized carbons (Fsp3) is 0.333. The van der Waals surface area contributed by atoms with E-state index in [1.54, 1.807) is 0 Å². The van der Waals surface area contributed by atoms with E-state index >= 15 is 0 Å². The summed E-state index contributed by atoms with van der Waals surface area (Å²) in [7, 11) is 0. The van der Waals surface area contributed by atoms with Crippen molar-refractivity contribution in [3.05, 3.63) is 34.1 Å². The summed E-state index contributed by atoms with van der Waals surface area (Å²) >= 11 is 0. The van der Waals surface area contributed by atoms with Gasteiger partial charge in [-0.05, 0) is 25.3 Å². The number of rotatable bonds is 2. The van der Waals surface area contributed by atoms with Crippen molar-refractivity contribution in [1.29, 1.82) is 0 Å². The molecule has 0 amide bonds. The van der Waals surface area contributed by atoms with Crippen molar-refractivity contribution in [2.45, 2.75) is 26.3 Å². The van der Waals surface area contributed by atoms with Crippen LogP contribution in [0.3, 0.4) is 0 Å². The van der Waals surface area contributed by atoms with Crippen LogP contribution in [0.25, 0.3) is 21.8 Å². The van der Waals surface area contributed by atoms with Crippen LogP contribution in [0.15, 0.2) is 27.5 Å². The third kappa shape index (κ3) is 1.37. The van der Waals surface area contributed by atoms with E-state index in [0.717, 1.165) is 30.3 Å². The SMILES string of the molecule is CCOc1onc2c1c(=O)n1c3c(cccc23)CCC1. The van der Waals surface area contributed by atoms with Gasteiger partial charge in [0, 0.05) is 11.9 Å². The molecular formula is C15H14N2O3. The smallest absolute Gasteiger partial charge is 0.324 e. The van der Waals surface area contributed by atoms with E-state index in [1.165, 1.54) is 5.56 Å². The number of aromatic nitrogens is 2. The van der Waals surface area contributed by atoms with Crippen molar-refractivity contribution >= 4 is 21.8 Å². The Labute approximate surface area is 114 Å². The zero-order chi connectivity index (χ0) is 13.7. The molecule has 0 aliphatic carbocycles. The van der Waals surface area contributed by atoms with Crippen molar-refractivity contribution in [2.24, 2.45) is 0 Å². The molecule has 0 spiro atoms. The second-order valence-corrected chi connectivity index (χ2v) is 5.00. The second-order valence-electron chi connectivity index (χ2n) is 5.00. The fourth-order valence-corrected chi connectivity index (χ4v) is 3.06. The molecule has 4 rings (SSSR count). The lowest BCUT2D eigenvalue weighted by Gasteiger charge is -2.19. The molecule has 20 heavy (non-hydrogen) atoms. The highest BCUT2D eigenvalue weighted by Gasteiger charge is 2.22. The van der Waals surface area contributed by atoms with E-state index in [4.69, 9.17) is 9.26 Å². The van der Waals surface area contributed by atoms with Crippen molar-refractivity contribution < 1.29 is 9.26 Å². The summed E-state index contributed by atoms with van der Waals surface area (Å²) < 4.78 is 12.4. The predicted molar refractivity (Wildman–Crippen MR) is 75.3 cm³/mol. The zero-order valence-corrected chi connectivity index (χ0v) is 11.2. The highest BCUT2D eigenvalue weighted by atomic mass is 16.6. The fourth-order valence-electron chi connectivity index (χ4n) is 3.06. The number of pyridine rings is 1. The van der Waals surface area contributed by atoms with Crippen LogP contribution in [0.5, 0.6) is 5.95 Å². The second kappa shape index (κ2) is 4.10. The van der Waals surface area contributed by atoms with E-state index in [1.807, 2.05) is 23.6 Å². The largest absolute Gasteiger partial charge is 0.463 e. The van der Waals surface area contributed by atoms with Crippen LogP contribution in [0.1, 0.15) is 18.9 Å². The number of fused-ring (bicyclic) bond motifs is 2. The van der Waals surface area contributed by atoms with Gasteiger partial charge in [0.1, 0.15) is 5.52 Å². The van der Waals surface area contributed by atoms with Gasteiger partial charge in [0.2, 0.25) is 0 Å². The molecule has 102 valence electrons. The topological polar surface area (TPSA) is 57.3 Å². The van der Waals surface area contributed by atoms with Gasteiger partial charge in [-0.25, -0.2) is 0 Å². The number of aryl methyl sites for hydroxylation is 2. The Kier molecular flexibility index (Phi) is 2.36. The van der Waals surface area contributed by atoms with E-state index in [9.17, 15) is 4.79 Å². The molecular weight excluding hydrogens is 256 g/mol. The zero-order valence-electron chi connectivity index (χ0n) is 11.2. The molecule has 2 aromatic heterocycles. The Bertz CT molecular complexity index is 876. The van der Waals surface area contributed by atoms with Crippen LogP contribution in [0.2, 0.25) is 0 Å². The molecule has 0 unspecified atom stereocenters. The van der Waals surface area contributed by atoms with Gasteiger partial charge in [0.05, 0.1) is 12.1 Å². The average Bonchev–Trinajstić information content (AvgIpc) is 2.89. The van der Waals surface area contributed by atoms with Crippen LogP contribution >= 0.6 is 0 Å². The maximum Gasteiger partial charge on any atom is 0.324 e. The van der Waals surface area contributed by atoms with Crippen LogP contribution in [-0.4, -0.2) is 16.3 Å². The highest BCUT2D eigenvalue weighted by Crippen LogP contribution is 2.32. The Morgan fingerprint density at radius 2 is 2.35 bits per heavy atom. The van der Waals surface area contributed by atoms with Crippen LogP contribution < -0.4 is 10.3 Å². The number of nitrogens with zero attached hydrogens (tertiary/aromatic N) is 2. The Morgan fingerprint density at radius 1 is 1.45 bits per heavy atom.